The SMILES string of the molecule is CS1(C)CC=C1N. The summed E-state index contributed by atoms with van der Waals surface area (Å²) in [5.74, 6) is 1.23. The maximum atomic E-state index is 5.55. The van der Waals surface area contributed by atoms with Gasteiger partial charge in [-0.15, -0.1) is 0 Å². The molecule has 0 unspecified atom stereocenters. The molecule has 0 aromatic heterocycles. The predicted octanol–water partition coefficient (Wildman–Crippen LogP) is 0.864. The van der Waals surface area contributed by atoms with Crippen molar-refractivity contribution in [2.45, 2.75) is 0 Å². The molecule has 0 saturated carbocycles. The van der Waals surface area contributed by atoms with Crippen LogP contribution in [-0.2, 0) is 0 Å². The Morgan fingerprint density at radius 2 is 2.14 bits per heavy atom. The van der Waals surface area contributed by atoms with Gasteiger partial charge in [-0.3, -0.25) is 0 Å². The highest BCUT2D eigenvalue weighted by molar-refractivity contribution is 8.36. The van der Waals surface area contributed by atoms with Crippen LogP contribution >= 0.6 is 10.0 Å². The lowest BCUT2D eigenvalue weighted by Crippen LogP contribution is -2.18. The van der Waals surface area contributed by atoms with Crippen molar-refractivity contribution in [3.8, 4) is 0 Å². The average molecular weight is 117 g/mol. The Bertz CT molecular complexity index is 115. The number of hydrogen-bond acceptors (Lipinski definition) is 1. The van der Waals surface area contributed by atoms with Gasteiger partial charge < -0.3 is 5.73 Å². The van der Waals surface area contributed by atoms with E-state index in [1.165, 1.54) is 5.75 Å². The molecule has 0 spiro atoms. The molecular formula is C5H11NS. The largest absolute Gasteiger partial charge is 0.395 e. The van der Waals surface area contributed by atoms with Gasteiger partial charge in [-0.2, -0.15) is 0 Å². The van der Waals surface area contributed by atoms with Crippen molar-refractivity contribution < 1.29 is 0 Å². The van der Waals surface area contributed by atoms with Crippen LogP contribution in [0, 0.1) is 0 Å². The Hall–Kier alpha value is -0.110. The van der Waals surface area contributed by atoms with E-state index >= 15 is 0 Å². The van der Waals surface area contributed by atoms with Gasteiger partial charge in [0.15, 0.2) is 0 Å². The van der Waals surface area contributed by atoms with Crippen LogP contribution in [0.1, 0.15) is 0 Å². The summed E-state index contributed by atoms with van der Waals surface area (Å²) in [5, 5.41) is 1.13. The second kappa shape index (κ2) is 1.19. The third-order valence-corrected chi connectivity index (χ3v) is 3.78. The maximum absolute atomic E-state index is 5.55. The molecule has 1 rings (SSSR count). The van der Waals surface area contributed by atoms with Crippen LogP contribution in [0.3, 0.4) is 0 Å². The highest BCUT2D eigenvalue weighted by Gasteiger charge is 2.20. The van der Waals surface area contributed by atoms with Crippen LogP contribution in [0.4, 0.5) is 0 Å². The van der Waals surface area contributed by atoms with Crippen LogP contribution in [0.5, 0.6) is 0 Å². The molecule has 7 heavy (non-hydrogen) atoms. The number of nitrogens with two attached hydrogens (primary N) is 1. The summed E-state index contributed by atoms with van der Waals surface area (Å²) >= 11 is 0. The van der Waals surface area contributed by atoms with E-state index < -0.39 is 10.0 Å². The lowest BCUT2D eigenvalue weighted by molar-refractivity contribution is 1.42. The first kappa shape index (κ1) is 5.04. The minimum Gasteiger partial charge on any atom is -0.395 e. The van der Waals surface area contributed by atoms with E-state index in [1.807, 2.05) is 0 Å². The Kier molecular flexibility index (Phi) is 0.854. The smallest absolute Gasteiger partial charge is 0.0447 e. The van der Waals surface area contributed by atoms with Gasteiger partial charge in [0.1, 0.15) is 0 Å². The molecule has 0 fully saturated rings. The summed E-state index contributed by atoms with van der Waals surface area (Å²) < 4.78 is 0. The first-order valence-electron chi connectivity index (χ1n) is 2.29. The molecule has 0 bridgehead atoms. The van der Waals surface area contributed by atoms with Gasteiger partial charge in [-0.05, 0) is 18.6 Å². The van der Waals surface area contributed by atoms with Crippen LogP contribution < -0.4 is 5.73 Å². The third-order valence-electron chi connectivity index (χ3n) is 1.34. The molecule has 1 aliphatic heterocycles. The Balaban J connectivity index is 2.68. The molecule has 0 saturated heterocycles. The third kappa shape index (κ3) is 0.630. The van der Waals surface area contributed by atoms with Crippen molar-refractivity contribution >= 4 is 10.0 Å². The van der Waals surface area contributed by atoms with Gasteiger partial charge in [0, 0.05) is 10.8 Å². The lowest BCUT2D eigenvalue weighted by Gasteiger charge is -2.37. The molecule has 1 aliphatic rings. The molecule has 0 aliphatic carbocycles. The zero-order chi connectivity index (χ0) is 5.49. The molecule has 0 atom stereocenters. The van der Waals surface area contributed by atoms with Gasteiger partial charge in [0.25, 0.3) is 0 Å². The predicted molar refractivity (Wildman–Crippen MR) is 36.6 cm³/mol. The fourth-order valence-electron chi connectivity index (χ4n) is 0.513. The van der Waals surface area contributed by atoms with E-state index in [4.69, 9.17) is 5.73 Å². The minimum atomic E-state index is -0.421. The summed E-state index contributed by atoms with van der Waals surface area (Å²) in [6, 6.07) is 0. The summed E-state index contributed by atoms with van der Waals surface area (Å²) in [4.78, 5) is 0. The van der Waals surface area contributed by atoms with Crippen molar-refractivity contribution in [2.24, 2.45) is 5.73 Å². The van der Waals surface area contributed by atoms with Crippen molar-refractivity contribution in [1.82, 2.24) is 0 Å². The monoisotopic (exact) mass is 117 g/mol. The van der Waals surface area contributed by atoms with E-state index in [2.05, 4.69) is 18.6 Å². The lowest BCUT2D eigenvalue weighted by atomic mass is 10.7. The van der Waals surface area contributed by atoms with Crippen LogP contribution in [0.15, 0.2) is 11.1 Å². The minimum absolute atomic E-state index is 0.421. The highest BCUT2D eigenvalue weighted by Crippen LogP contribution is 2.52. The second-order valence-corrected chi connectivity index (χ2v) is 6.19. The summed E-state index contributed by atoms with van der Waals surface area (Å²) in [6.07, 6.45) is 6.58. The van der Waals surface area contributed by atoms with Crippen LogP contribution in [0.2, 0.25) is 0 Å². The van der Waals surface area contributed by atoms with Crippen molar-refractivity contribution in [3.05, 3.63) is 11.1 Å². The average Bonchev–Trinajstić information content (AvgIpc) is 1.63. The zero-order valence-electron chi connectivity index (χ0n) is 4.77. The van der Waals surface area contributed by atoms with Gasteiger partial charge in [0.05, 0.1) is 0 Å². The van der Waals surface area contributed by atoms with Gasteiger partial charge in [0.2, 0.25) is 0 Å². The molecule has 0 radical (unpaired) electrons. The molecule has 0 aromatic rings. The van der Waals surface area contributed by atoms with Crippen molar-refractivity contribution in [3.63, 3.8) is 0 Å². The molecule has 42 valence electrons. The molecule has 2 N–H and O–H groups in total. The van der Waals surface area contributed by atoms with Crippen molar-refractivity contribution in [2.75, 3.05) is 18.3 Å². The Labute approximate surface area is 45.9 Å². The van der Waals surface area contributed by atoms with Gasteiger partial charge >= 0.3 is 0 Å². The molecule has 0 amide bonds. The molecule has 0 aromatic carbocycles. The van der Waals surface area contributed by atoms with Crippen molar-refractivity contribution in [1.29, 1.82) is 0 Å². The molecule has 1 heterocycles. The van der Waals surface area contributed by atoms with Crippen LogP contribution in [0.25, 0.3) is 0 Å². The van der Waals surface area contributed by atoms with E-state index in [0.717, 1.165) is 5.03 Å². The molecule has 1 nitrogen and oxygen atoms in total. The maximum Gasteiger partial charge on any atom is 0.0447 e. The summed E-state index contributed by atoms with van der Waals surface area (Å²) in [6.45, 7) is 0. The number of rotatable bonds is 0. The topological polar surface area (TPSA) is 26.0 Å². The summed E-state index contributed by atoms with van der Waals surface area (Å²) in [5.41, 5.74) is 5.55. The Morgan fingerprint density at radius 3 is 2.14 bits per heavy atom. The van der Waals surface area contributed by atoms with E-state index in [9.17, 15) is 0 Å². The zero-order valence-corrected chi connectivity index (χ0v) is 5.59. The first-order chi connectivity index (χ1) is 3.13. The second-order valence-electron chi connectivity index (χ2n) is 2.31. The number of hydrogen-bond donors (Lipinski definition) is 1. The molecular weight excluding hydrogens is 106 g/mol. The van der Waals surface area contributed by atoms with Gasteiger partial charge in [-0.25, -0.2) is 10.0 Å². The highest BCUT2D eigenvalue weighted by atomic mass is 32.3. The summed E-state index contributed by atoms with van der Waals surface area (Å²) in [7, 11) is -0.421. The van der Waals surface area contributed by atoms with E-state index in [0.29, 0.717) is 0 Å². The molecule has 2 heteroatoms. The standard InChI is InChI=1S/C5H11NS/c1-7(2)4-3-5(7)6/h3H,4,6H2,1-2H3. The van der Waals surface area contributed by atoms with Crippen LogP contribution in [-0.4, -0.2) is 18.3 Å². The fourth-order valence-corrected chi connectivity index (χ4v) is 1.54. The van der Waals surface area contributed by atoms with E-state index in [1.54, 1.807) is 0 Å². The Morgan fingerprint density at radius 1 is 1.71 bits per heavy atom. The first-order valence-corrected chi connectivity index (χ1v) is 4.91. The fraction of sp³-hybridized carbons (Fsp3) is 0.600. The van der Waals surface area contributed by atoms with E-state index in [-0.39, 0.29) is 0 Å². The normalized spacial score (nSPS) is 30.3. The quantitative estimate of drug-likeness (QED) is 0.500. The van der Waals surface area contributed by atoms with Gasteiger partial charge in [-0.1, -0.05) is 0 Å².